The molecule has 2 amide bonds. The minimum atomic E-state index is -0.934. The molecule has 1 unspecified atom stereocenters. The van der Waals surface area contributed by atoms with Gasteiger partial charge in [-0.3, -0.25) is 9.59 Å². The Balaban J connectivity index is 1.13. The lowest BCUT2D eigenvalue weighted by Gasteiger charge is -2.38. The van der Waals surface area contributed by atoms with E-state index in [9.17, 15) is 18.4 Å². The number of pyridine rings is 1. The Morgan fingerprint density at radius 3 is 2.59 bits per heavy atom. The van der Waals surface area contributed by atoms with E-state index in [0.717, 1.165) is 37.4 Å². The molecule has 39 heavy (non-hydrogen) atoms. The number of aryl methyl sites for hydroxylation is 1. The Kier molecular flexibility index (Phi) is 8.07. The summed E-state index contributed by atoms with van der Waals surface area (Å²) < 4.78 is 27.2. The van der Waals surface area contributed by atoms with E-state index in [1.54, 1.807) is 11.1 Å². The van der Waals surface area contributed by atoms with Crippen molar-refractivity contribution in [1.82, 2.24) is 20.2 Å². The monoisotopic (exact) mass is 535 g/mol. The third-order valence-electron chi connectivity index (χ3n) is 8.35. The number of nitrogens with zero attached hydrogens (tertiary/aromatic N) is 2. The zero-order valence-electron chi connectivity index (χ0n) is 22.1. The molecule has 1 aliphatic carbocycles. The zero-order valence-corrected chi connectivity index (χ0v) is 22.1. The van der Waals surface area contributed by atoms with Crippen molar-refractivity contribution in [3.8, 4) is 0 Å². The molecule has 5 rings (SSSR count). The summed E-state index contributed by atoms with van der Waals surface area (Å²) in [6, 6.07) is 6.45. The first-order valence-corrected chi connectivity index (χ1v) is 13.7. The molecular formula is C30H35F2N5O2. The molecule has 1 saturated carbocycles. The highest BCUT2D eigenvalue weighted by Gasteiger charge is 2.34. The normalized spacial score (nSPS) is 21.5. The highest BCUT2D eigenvalue weighted by Crippen LogP contribution is 2.36. The highest BCUT2D eigenvalue weighted by atomic mass is 19.2. The predicted octanol–water partition coefficient (Wildman–Crippen LogP) is 4.57. The lowest BCUT2D eigenvalue weighted by Crippen LogP contribution is -2.54. The van der Waals surface area contributed by atoms with E-state index in [1.807, 2.05) is 6.07 Å². The van der Waals surface area contributed by atoms with Crippen LogP contribution in [0.2, 0.25) is 0 Å². The predicted molar refractivity (Wildman–Crippen MR) is 147 cm³/mol. The molecule has 9 heteroatoms. The van der Waals surface area contributed by atoms with E-state index >= 15 is 0 Å². The Morgan fingerprint density at radius 1 is 1.15 bits per heavy atom. The molecule has 1 atom stereocenters. The molecule has 7 nitrogen and oxygen atoms in total. The smallest absolute Gasteiger partial charge is 0.246 e. The topological polar surface area (TPSA) is 104 Å². The maximum atomic E-state index is 13.7. The van der Waals surface area contributed by atoms with Gasteiger partial charge in [0.05, 0.1) is 6.04 Å². The van der Waals surface area contributed by atoms with Gasteiger partial charge in [-0.15, -0.1) is 0 Å². The van der Waals surface area contributed by atoms with Crippen LogP contribution in [0.1, 0.15) is 61.1 Å². The van der Waals surface area contributed by atoms with Crippen LogP contribution in [0.25, 0.3) is 17.1 Å². The van der Waals surface area contributed by atoms with Crippen LogP contribution in [0.15, 0.2) is 42.7 Å². The first-order valence-electron chi connectivity index (χ1n) is 13.7. The number of halogens is 2. The number of nitrogens with two attached hydrogens (primary N) is 1. The maximum Gasteiger partial charge on any atom is 0.246 e. The van der Waals surface area contributed by atoms with Crippen LogP contribution >= 0.6 is 0 Å². The van der Waals surface area contributed by atoms with Gasteiger partial charge in [0.2, 0.25) is 11.8 Å². The molecule has 0 radical (unpaired) electrons. The van der Waals surface area contributed by atoms with Crippen molar-refractivity contribution in [3.05, 3.63) is 71.1 Å². The SMILES string of the molecule is Cc1cc(/C=C/C(=O)N2CCC(C(NC3CCC(c4c[nH]c5ncccc45)CC3)C(N)=O)CC2)cc(F)c1F. The van der Waals surface area contributed by atoms with Crippen LogP contribution in [-0.2, 0) is 9.59 Å². The molecule has 0 bridgehead atoms. The fraction of sp³-hybridized carbons (Fsp3) is 0.433. The van der Waals surface area contributed by atoms with Gasteiger partial charge in [-0.1, -0.05) is 0 Å². The maximum absolute atomic E-state index is 13.7. The summed E-state index contributed by atoms with van der Waals surface area (Å²) in [7, 11) is 0. The van der Waals surface area contributed by atoms with Crippen LogP contribution in [0.5, 0.6) is 0 Å². The quantitative estimate of drug-likeness (QED) is 0.386. The number of likely N-dealkylation sites (tertiary alicyclic amines) is 1. The molecule has 1 aliphatic heterocycles. The van der Waals surface area contributed by atoms with Gasteiger partial charge in [-0.2, -0.15) is 0 Å². The first kappa shape index (κ1) is 27.0. The number of piperidine rings is 1. The molecule has 2 aromatic heterocycles. The van der Waals surface area contributed by atoms with Gasteiger partial charge in [-0.05, 0) is 104 Å². The lowest BCUT2D eigenvalue weighted by molar-refractivity contribution is -0.128. The van der Waals surface area contributed by atoms with Crippen molar-refractivity contribution in [3.63, 3.8) is 0 Å². The van der Waals surface area contributed by atoms with Crippen LogP contribution in [-0.4, -0.2) is 51.9 Å². The highest BCUT2D eigenvalue weighted by molar-refractivity contribution is 5.92. The van der Waals surface area contributed by atoms with Gasteiger partial charge in [-0.25, -0.2) is 13.8 Å². The number of hydrogen-bond acceptors (Lipinski definition) is 4. The Morgan fingerprint density at radius 2 is 1.90 bits per heavy atom. The van der Waals surface area contributed by atoms with Crippen LogP contribution in [0, 0.1) is 24.5 Å². The number of amides is 2. The standard InChI is InChI=1S/C30H35F2N5O2/c1-18-15-19(16-25(31)27(18)32)4-9-26(38)37-13-10-21(11-14-37)28(29(33)39)36-22-7-5-20(6-8-22)24-17-35-30-23(24)3-2-12-34-30/h2-4,9,12,15-17,20-22,28,36H,5-8,10-11,13-14H2,1H3,(H2,33,39)(H,34,35)/b9-4+. The molecule has 2 fully saturated rings. The summed E-state index contributed by atoms with van der Waals surface area (Å²) in [5.74, 6) is -1.83. The van der Waals surface area contributed by atoms with Gasteiger partial charge in [0, 0.05) is 43.0 Å². The summed E-state index contributed by atoms with van der Waals surface area (Å²) >= 11 is 0. The summed E-state index contributed by atoms with van der Waals surface area (Å²) in [5.41, 5.74) is 8.69. The number of rotatable bonds is 7. The Labute approximate surface area is 226 Å². The van der Waals surface area contributed by atoms with Gasteiger partial charge in [0.25, 0.3) is 0 Å². The molecule has 4 N–H and O–H groups in total. The third kappa shape index (κ3) is 6.03. The van der Waals surface area contributed by atoms with E-state index < -0.39 is 17.7 Å². The number of nitrogens with one attached hydrogen (secondary N) is 2. The summed E-state index contributed by atoms with van der Waals surface area (Å²) in [5, 5.41) is 4.74. The van der Waals surface area contributed by atoms with E-state index in [4.69, 9.17) is 5.73 Å². The average molecular weight is 536 g/mol. The number of aromatic nitrogens is 2. The number of carbonyl (C=O) groups is 2. The zero-order chi connectivity index (χ0) is 27.5. The Hall–Kier alpha value is -3.59. The molecule has 2 aliphatic rings. The summed E-state index contributed by atoms with van der Waals surface area (Å²) in [6.07, 6.45) is 12.1. The minimum Gasteiger partial charge on any atom is -0.368 e. The average Bonchev–Trinajstić information content (AvgIpc) is 3.38. The largest absolute Gasteiger partial charge is 0.368 e. The van der Waals surface area contributed by atoms with Crippen LogP contribution in [0.3, 0.4) is 0 Å². The van der Waals surface area contributed by atoms with Gasteiger partial charge in [0.15, 0.2) is 11.6 Å². The first-order chi connectivity index (χ1) is 18.8. The Bertz CT molecular complexity index is 1350. The third-order valence-corrected chi connectivity index (χ3v) is 8.35. The van der Waals surface area contributed by atoms with Gasteiger partial charge in [0.1, 0.15) is 5.65 Å². The molecule has 0 spiro atoms. The summed E-state index contributed by atoms with van der Waals surface area (Å²) in [4.78, 5) is 34.5. The number of hydrogen-bond donors (Lipinski definition) is 3. The second-order valence-electron chi connectivity index (χ2n) is 10.9. The number of carbonyl (C=O) groups excluding carboxylic acids is 2. The second-order valence-corrected chi connectivity index (χ2v) is 10.9. The van der Waals surface area contributed by atoms with Crippen molar-refractivity contribution >= 4 is 28.9 Å². The van der Waals surface area contributed by atoms with Gasteiger partial charge < -0.3 is 20.9 Å². The van der Waals surface area contributed by atoms with Crippen molar-refractivity contribution in [2.24, 2.45) is 11.7 Å². The van der Waals surface area contributed by atoms with Crippen molar-refractivity contribution in [2.45, 2.75) is 63.5 Å². The molecule has 3 aromatic rings. The fourth-order valence-corrected chi connectivity index (χ4v) is 6.17. The van der Waals surface area contributed by atoms with Gasteiger partial charge >= 0.3 is 0 Å². The second kappa shape index (κ2) is 11.7. The van der Waals surface area contributed by atoms with E-state index in [0.29, 0.717) is 37.4 Å². The fourth-order valence-electron chi connectivity index (χ4n) is 6.17. The number of primary amides is 1. The minimum absolute atomic E-state index is 0.0572. The van der Waals surface area contributed by atoms with E-state index in [2.05, 4.69) is 27.5 Å². The van der Waals surface area contributed by atoms with Crippen molar-refractivity contribution < 1.29 is 18.4 Å². The van der Waals surface area contributed by atoms with Crippen molar-refractivity contribution in [2.75, 3.05) is 13.1 Å². The molecular weight excluding hydrogens is 500 g/mol. The molecule has 3 heterocycles. The number of H-pyrrole nitrogens is 1. The molecule has 206 valence electrons. The van der Waals surface area contributed by atoms with Crippen LogP contribution in [0.4, 0.5) is 8.78 Å². The van der Waals surface area contributed by atoms with Crippen molar-refractivity contribution in [1.29, 1.82) is 0 Å². The van der Waals surface area contributed by atoms with E-state index in [-0.39, 0.29) is 29.3 Å². The number of aromatic amines is 1. The van der Waals surface area contributed by atoms with E-state index in [1.165, 1.54) is 36.1 Å². The number of benzene rings is 1. The summed E-state index contributed by atoms with van der Waals surface area (Å²) in [6.45, 7) is 2.51. The van der Waals surface area contributed by atoms with Crippen LogP contribution < -0.4 is 11.1 Å². The lowest BCUT2D eigenvalue weighted by atomic mass is 9.80. The molecule has 1 aromatic carbocycles. The number of fused-ring (bicyclic) bond motifs is 1. The molecule has 1 saturated heterocycles.